The minimum Gasteiger partial charge on any atom is -0.485 e. The molecule has 0 saturated heterocycles. The van der Waals surface area contributed by atoms with Gasteiger partial charge in [-0.3, -0.25) is 4.79 Å². The van der Waals surface area contributed by atoms with E-state index in [1.165, 1.54) is 7.11 Å². The molecule has 0 fully saturated rings. The summed E-state index contributed by atoms with van der Waals surface area (Å²) in [6, 6.07) is 21.7. The van der Waals surface area contributed by atoms with E-state index in [2.05, 4.69) is 17.1 Å². The molecule has 1 aromatic heterocycles. The molecule has 0 aliphatic carbocycles. The highest BCUT2D eigenvalue weighted by Gasteiger charge is 2.14. The number of fused-ring (bicyclic) bond motifs is 2. The van der Waals surface area contributed by atoms with Crippen molar-refractivity contribution in [2.24, 2.45) is 0 Å². The van der Waals surface area contributed by atoms with E-state index >= 15 is 0 Å². The molecule has 0 atom stereocenters. The zero-order valence-corrected chi connectivity index (χ0v) is 14.4. The number of imidazole rings is 1. The number of nitrogens with zero attached hydrogens (tertiary/aromatic N) is 2. The van der Waals surface area contributed by atoms with Gasteiger partial charge < -0.3 is 14.0 Å². The number of para-hydroxylation sites is 2. The second kappa shape index (κ2) is 6.88. The number of carbonyl (C=O) groups is 1. The summed E-state index contributed by atoms with van der Waals surface area (Å²) in [6.07, 6.45) is 0. The van der Waals surface area contributed by atoms with Crippen molar-refractivity contribution in [1.29, 1.82) is 0 Å². The largest absolute Gasteiger partial charge is 0.485 e. The molecule has 4 aromatic rings. The number of hydrogen-bond acceptors (Lipinski definition) is 4. The third kappa shape index (κ3) is 2.99. The van der Waals surface area contributed by atoms with E-state index < -0.39 is 0 Å². The molecule has 5 heteroatoms. The van der Waals surface area contributed by atoms with Gasteiger partial charge in [-0.15, -0.1) is 0 Å². The standard InChI is InChI=1S/C21H18N2O3/c1-25-21(24)13-23-18-11-5-4-10-17(18)22-20(23)14-26-19-12-6-8-15-7-2-3-9-16(15)19/h2-12H,13-14H2,1H3. The number of ether oxygens (including phenoxy) is 2. The molecule has 0 unspecified atom stereocenters. The number of hydrogen-bond donors (Lipinski definition) is 0. The average Bonchev–Trinajstić information content (AvgIpc) is 3.03. The monoisotopic (exact) mass is 346 g/mol. The first-order valence-electron chi connectivity index (χ1n) is 8.38. The van der Waals surface area contributed by atoms with Gasteiger partial charge in [-0.05, 0) is 23.6 Å². The van der Waals surface area contributed by atoms with E-state index in [1.54, 1.807) is 0 Å². The van der Waals surface area contributed by atoms with Crippen LogP contribution in [0.5, 0.6) is 5.75 Å². The molecule has 5 nitrogen and oxygen atoms in total. The molecule has 0 radical (unpaired) electrons. The summed E-state index contributed by atoms with van der Waals surface area (Å²) in [5, 5.41) is 2.17. The van der Waals surface area contributed by atoms with Crippen LogP contribution in [0.4, 0.5) is 0 Å². The van der Waals surface area contributed by atoms with Crippen LogP contribution < -0.4 is 4.74 Å². The van der Waals surface area contributed by atoms with Crippen LogP contribution in [0, 0.1) is 0 Å². The van der Waals surface area contributed by atoms with Crippen LogP contribution in [0.15, 0.2) is 66.7 Å². The summed E-state index contributed by atoms with van der Waals surface area (Å²) < 4.78 is 12.7. The van der Waals surface area contributed by atoms with Gasteiger partial charge in [0.05, 0.1) is 18.1 Å². The fourth-order valence-electron chi connectivity index (χ4n) is 3.07. The van der Waals surface area contributed by atoms with Crippen molar-refractivity contribution >= 4 is 27.8 Å². The van der Waals surface area contributed by atoms with Gasteiger partial charge in [-0.2, -0.15) is 0 Å². The Hall–Kier alpha value is -3.34. The molecule has 1 heterocycles. The number of benzene rings is 3. The Bertz CT molecular complexity index is 1080. The van der Waals surface area contributed by atoms with Gasteiger partial charge in [0.25, 0.3) is 0 Å². The number of esters is 1. The third-order valence-electron chi connectivity index (χ3n) is 4.35. The van der Waals surface area contributed by atoms with E-state index in [9.17, 15) is 4.79 Å². The lowest BCUT2D eigenvalue weighted by molar-refractivity contribution is -0.141. The van der Waals surface area contributed by atoms with Crippen molar-refractivity contribution in [2.45, 2.75) is 13.2 Å². The zero-order chi connectivity index (χ0) is 17.9. The van der Waals surface area contributed by atoms with Crippen LogP contribution in [0.1, 0.15) is 5.82 Å². The number of carbonyl (C=O) groups excluding carboxylic acids is 1. The highest BCUT2D eigenvalue weighted by atomic mass is 16.5. The minimum absolute atomic E-state index is 0.102. The summed E-state index contributed by atoms with van der Waals surface area (Å²) in [5.41, 5.74) is 1.71. The smallest absolute Gasteiger partial charge is 0.325 e. The lowest BCUT2D eigenvalue weighted by Crippen LogP contribution is -2.15. The van der Waals surface area contributed by atoms with E-state index in [-0.39, 0.29) is 19.1 Å². The summed E-state index contributed by atoms with van der Waals surface area (Å²) in [6.45, 7) is 0.366. The van der Waals surface area contributed by atoms with Crippen molar-refractivity contribution in [3.05, 3.63) is 72.6 Å². The average molecular weight is 346 g/mol. The number of rotatable bonds is 5. The maximum atomic E-state index is 11.8. The lowest BCUT2D eigenvalue weighted by atomic mass is 10.1. The fourth-order valence-corrected chi connectivity index (χ4v) is 3.07. The molecule has 26 heavy (non-hydrogen) atoms. The topological polar surface area (TPSA) is 53.4 Å². The van der Waals surface area contributed by atoms with Crippen LogP contribution in [0.25, 0.3) is 21.8 Å². The van der Waals surface area contributed by atoms with E-state index in [0.29, 0.717) is 5.82 Å². The van der Waals surface area contributed by atoms with Crippen molar-refractivity contribution < 1.29 is 14.3 Å². The molecule has 0 saturated carbocycles. The van der Waals surface area contributed by atoms with Crippen molar-refractivity contribution in [1.82, 2.24) is 9.55 Å². The van der Waals surface area contributed by atoms with Gasteiger partial charge in [0.15, 0.2) is 0 Å². The highest BCUT2D eigenvalue weighted by molar-refractivity contribution is 5.88. The van der Waals surface area contributed by atoms with Crippen molar-refractivity contribution in [2.75, 3.05) is 7.11 Å². The molecule has 130 valence electrons. The molecular formula is C21H18N2O3. The van der Waals surface area contributed by atoms with Crippen LogP contribution in [0.3, 0.4) is 0 Å². The lowest BCUT2D eigenvalue weighted by Gasteiger charge is -2.11. The molecule has 0 bridgehead atoms. The first-order valence-corrected chi connectivity index (χ1v) is 8.38. The molecular weight excluding hydrogens is 328 g/mol. The minimum atomic E-state index is -0.320. The second-order valence-corrected chi connectivity index (χ2v) is 5.94. The van der Waals surface area contributed by atoms with Crippen LogP contribution >= 0.6 is 0 Å². The summed E-state index contributed by atoms with van der Waals surface area (Å²) in [7, 11) is 1.38. The van der Waals surface area contributed by atoms with Gasteiger partial charge in [0.1, 0.15) is 24.7 Å². The number of aromatic nitrogens is 2. The Morgan fingerprint density at radius 2 is 1.77 bits per heavy atom. The molecule has 4 rings (SSSR count). The Labute approximate surface area is 150 Å². The Kier molecular flexibility index (Phi) is 4.27. The molecule has 0 amide bonds. The first-order chi connectivity index (χ1) is 12.8. The maximum absolute atomic E-state index is 11.8. The summed E-state index contributed by atoms with van der Waals surface area (Å²) >= 11 is 0. The van der Waals surface area contributed by atoms with Crippen LogP contribution in [-0.2, 0) is 22.7 Å². The summed E-state index contributed by atoms with van der Waals surface area (Å²) in [5.74, 6) is 1.16. The molecule has 0 aliphatic rings. The van der Waals surface area contributed by atoms with Gasteiger partial charge in [0.2, 0.25) is 0 Å². The molecule has 0 aliphatic heterocycles. The molecule has 0 N–H and O–H groups in total. The zero-order valence-electron chi connectivity index (χ0n) is 14.4. The first kappa shape index (κ1) is 16.1. The highest BCUT2D eigenvalue weighted by Crippen LogP contribution is 2.26. The van der Waals surface area contributed by atoms with Gasteiger partial charge >= 0.3 is 5.97 Å². The Morgan fingerprint density at radius 1 is 1.00 bits per heavy atom. The molecule has 0 spiro atoms. The predicted octanol–water partition coefficient (Wildman–Crippen LogP) is 3.94. The predicted molar refractivity (Wildman–Crippen MR) is 100 cm³/mol. The Balaban J connectivity index is 1.68. The number of methoxy groups -OCH3 is 1. The fraction of sp³-hybridized carbons (Fsp3) is 0.143. The van der Waals surface area contributed by atoms with Gasteiger partial charge in [-0.25, -0.2) is 4.98 Å². The van der Waals surface area contributed by atoms with Crippen LogP contribution in [-0.4, -0.2) is 22.6 Å². The van der Waals surface area contributed by atoms with Gasteiger partial charge in [0, 0.05) is 5.39 Å². The normalized spacial score (nSPS) is 11.0. The SMILES string of the molecule is COC(=O)Cn1c(COc2cccc3ccccc23)nc2ccccc21. The van der Waals surface area contributed by atoms with Crippen molar-refractivity contribution in [3.63, 3.8) is 0 Å². The second-order valence-electron chi connectivity index (χ2n) is 5.94. The van der Waals surface area contributed by atoms with E-state index in [0.717, 1.165) is 27.6 Å². The van der Waals surface area contributed by atoms with Crippen LogP contribution in [0.2, 0.25) is 0 Å². The third-order valence-corrected chi connectivity index (χ3v) is 4.35. The quantitative estimate of drug-likeness (QED) is 0.514. The molecule has 3 aromatic carbocycles. The Morgan fingerprint density at radius 3 is 2.65 bits per heavy atom. The maximum Gasteiger partial charge on any atom is 0.325 e. The van der Waals surface area contributed by atoms with E-state index in [4.69, 9.17) is 9.47 Å². The van der Waals surface area contributed by atoms with E-state index in [1.807, 2.05) is 59.2 Å². The summed E-state index contributed by atoms with van der Waals surface area (Å²) in [4.78, 5) is 16.4. The van der Waals surface area contributed by atoms with Crippen molar-refractivity contribution in [3.8, 4) is 5.75 Å². The van der Waals surface area contributed by atoms with Gasteiger partial charge in [-0.1, -0.05) is 48.5 Å².